The number of rotatable bonds is 6. The summed E-state index contributed by atoms with van der Waals surface area (Å²) < 4.78 is 54.7. The normalized spacial score (nSPS) is 13.5. The second kappa shape index (κ2) is 8.71. The van der Waals surface area contributed by atoms with Crippen LogP contribution in [0.4, 0.5) is 18.0 Å². The number of fused-ring (bicyclic) bond motifs is 1. The Kier molecular flexibility index (Phi) is 6.24. The lowest BCUT2D eigenvalue weighted by Gasteiger charge is -2.33. The number of nitrogens with one attached hydrogen (secondary N) is 1. The first-order valence-electron chi connectivity index (χ1n) is 9.48. The Morgan fingerprint density at radius 3 is 2.29 bits per heavy atom. The van der Waals surface area contributed by atoms with Gasteiger partial charge in [-0.25, -0.2) is 9.59 Å². The third kappa shape index (κ3) is 4.21. The fourth-order valence-electron chi connectivity index (χ4n) is 3.36. The summed E-state index contributed by atoms with van der Waals surface area (Å²) in [5.74, 6) is -1.64. The number of amides is 1. The number of alkyl carbamates (subject to hydrolysis) is 1. The quantitative estimate of drug-likeness (QED) is 0.583. The van der Waals surface area contributed by atoms with Gasteiger partial charge in [0.15, 0.2) is 0 Å². The molecule has 0 spiro atoms. The van der Waals surface area contributed by atoms with Gasteiger partial charge >= 0.3 is 18.2 Å². The van der Waals surface area contributed by atoms with Gasteiger partial charge in [-0.3, -0.25) is 5.32 Å². The molecule has 1 heterocycles. The maximum Gasteiger partial charge on any atom is 0.427 e. The van der Waals surface area contributed by atoms with Crippen LogP contribution in [0.15, 0.2) is 60.8 Å². The average Bonchev–Trinajstić information content (AvgIpc) is 3.07. The summed E-state index contributed by atoms with van der Waals surface area (Å²) in [7, 11) is 1.55. The number of benzene rings is 2. The first-order valence-corrected chi connectivity index (χ1v) is 9.48. The minimum atomic E-state index is -5.21. The van der Waals surface area contributed by atoms with E-state index in [1.807, 2.05) is 0 Å². The van der Waals surface area contributed by atoms with Crippen molar-refractivity contribution < 1.29 is 32.2 Å². The molecule has 31 heavy (non-hydrogen) atoms. The molecule has 9 heteroatoms. The first kappa shape index (κ1) is 22.2. The number of esters is 1. The maximum absolute atomic E-state index is 14.5. The molecule has 0 saturated carbocycles. The lowest BCUT2D eigenvalue weighted by Crippen LogP contribution is -2.61. The molecule has 0 bridgehead atoms. The van der Waals surface area contributed by atoms with E-state index in [-0.39, 0.29) is 18.6 Å². The summed E-state index contributed by atoms with van der Waals surface area (Å²) in [5.41, 5.74) is -2.86. The van der Waals surface area contributed by atoms with Crippen molar-refractivity contribution in [1.82, 2.24) is 9.88 Å². The molecule has 0 saturated heterocycles. The van der Waals surface area contributed by atoms with Crippen molar-refractivity contribution >= 4 is 23.0 Å². The van der Waals surface area contributed by atoms with Crippen molar-refractivity contribution in [2.24, 2.45) is 7.05 Å². The van der Waals surface area contributed by atoms with Crippen molar-refractivity contribution in [2.75, 3.05) is 6.61 Å². The van der Waals surface area contributed by atoms with E-state index in [1.54, 1.807) is 60.9 Å². The Morgan fingerprint density at radius 2 is 1.65 bits per heavy atom. The molecule has 0 aliphatic rings. The molecule has 1 amide bonds. The van der Waals surface area contributed by atoms with Crippen LogP contribution >= 0.6 is 0 Å². The Labute approximate surface area is 176 Å². The number of aryl methyl sites for hydroxylation is 1. The van der Waals surface area contributed by atoms with E-state index in [0.717, 1.165) is 6.20 Å². The molecule has 0 radical (unpaired) electrons. The van der Waals surface area contributed by atoms with Gasteiger partial charge in [-0.05, 0) is 18.6 Å². The molecule has 1 N–H and O–H groups in total. The van der Waals surface area contributed by atoms with Gasteiger partial charge < -0.3 is 14.0 Å². The lowest BCUT2D eigenvalue weighted by molar-refractivity contribution is -0.214. The number of alkyl halides is 3. The lowest BCUT2D eigenvalue weighted by atomic mass is 9.88. The minimum Gasteiger partial charge on any atom is -0.464 e. The number of carbonyl (C=O) groups is 2. The van der Waals surface area contributed by atoms with E-state index in [1.165, 1.54) is 17.6 Å². The fraction of sp³-hybridized carbons (Fsp3) is 0.273. The third-order valence-electron chi connectivity index (χ3n) is 4.81. The number of hydrogen-bond donors (Lipinski definition) is 1. The predicted octanol–water partition coefficient (Wildman–Crippen LogP) is 4.43. The summed E-state index contributed by atoms with van der Waals surface area (Å²) in [6.07, 6.45) is -5.45. The molecule has 3 rings (SSSR count). The van der Waals surface area contributed by atoms with Crippen LogP contribution in [-0.2, 0) is 33.5 Å². The Bertz CT molecular complexity index is 1080. The van der Waals surface area contributed by atoms with Crippen LogP contribution in [-0.4, -0.2) is 29.4 Å². The van der Waals surface area contributed by atoms with E-state index >= 15 is 0 Å². The fourth-order valence-corrected chi connectivity index (χ4v) is 3.36. The summed E-state index contributed by atoms with van der Waals surface area (Å²) >= 11 is 0. The molecule has 1 aromatic heterocycles. The zero-order chi connectivity index (χ0) is 22.6. The number of hydrogen-bond acceptors (Lipinski definition) is 4. The largest absolute Gasteiger partial charge is 0.464 e. The van der Waals surface area contributed by atoms with E-state index in [9.17, 15) is 22.8 Å². The highest BCUT2D eigenvalue weighted by atomic mass is 19.4. The zero-order valence-corrected chi connectivity index (χ0v) is 16.9. The van der Waals surface area contributed by atoms with Crippen LogP contribution in [0.25, 0.3) is 10.9 Å². The zero-order valence-electron chi connectivity index (χ0n) is 16.9. The van der Waals surface area contributed by atoms with E-state index in [4.69, 9.17) is 9.47 Å². The molecule has 2 aromatic carbocycles. The number of nitrogens with zero attached hydrogens (tertiary/aromatic N) is 1. The van der Waals surface area contributed by atoms with Crippen LogP contribution in [0.5, 0.6) is 0 Å². The predicted molar refractivity (Wildman–Crippen MR) is 107 cm³/mol. The van der Waals surface area contributed by atoms with Gasteiger partial charge in [-0.1, -0.05) is 48.5 Å². The molecular formula is C22H21F3N2O4. The molecule has 6 nitrogen and oxygen atoms in total. The number of ether oxygens (including phenoxy) is 2. The van der Waals surface area contributed by atoms with E-state index < -0.39 is 29.3 Å². The average molecular weight is 434 g/mol. The smallest absolute Gasteiger partial charge is 0.427 e. The second-order valence-corrected chi connectivity index (χ2v) is 6.83. The minimum absolute atomic E-state index is 0.152. The van der Waals surface area contributed by atoms with Gasteiger partial charge in [0.1, 0.15) is 6.61 Å². The highest BCUT2D eigenvalue weighted by Gasteiger charge is 2.65. The molecule has 3 aromatic rings. The number of para-hydroxylation sites is 1. The molecule has 1 atom stereocenters. The van der Waals surface area contributed by atoms with Crippen molar-refractivity contribution in [3.8, 4) is 0 Å². The van der Waals surface area contributed by atoms with Gasteiger partial charge in [0, 0.05) is 29.7 Å². The molecule has 164 valence electrons. The highest BCUT2D eigenvalue weighted by molar-refractivity contribution is 5.95. The SMILES string of the molecule is CCOC(=O)[C@@](NC(=O)OCc1ccccc1)(c1cn(C)c2ccccc12)C(F)(F)F. The number of aromatic nitrogens is 1. The van der Waals surface area contributed by atoms with Crippen molar-refractivity contribution in [2.45, 2.75) is 25.2 Å². The van der Waals surface area contributed by atoms with Crippen LogP contribution in [0.2, 0.25) is 0 Å². The van der Waals surface area contributed by atoms with Gasteiger partial charge in [0.05, 0.1) is 6.61 Å². The Balaban J connectivity index is 2.07. The van der Waals surface area contributed by atoms with Gasteiger partial charge in [0.2, 0.25) is 0 Å². The van der Waals surface area contributed by atoms with Crippen LogP contribution in [0.3, 0.4) is 0 Å². The second-order valence-electron chi connectivity index (χ2n) is 6.83. The van der Waals surface area contributed by atoms with Gasteiger partial charge in [0.25, 0.3) is 5.54 Å². The van der Waals surface area contributed by atoms with Crippen LogP contribution < -0.4 is 5.32 Å². The van der Waals surface area contributed by atoms with Crippen LogP contribution in [0, 0.1) is 0 Å². The molecule has 0 aliphatic heterocycles. The summed E-state index contributed by atoms with van der Waals surface area (Å²) in [4.78, 5) is 25.2. The standard InChI is InChI=1S/C22H21F3N2O4/c1-3-30-19(28)21(22(23,24)25,17-13-27(2)18-12-8-7-11-16(17)18)26-20(29)31-14-15-9-5-4-6-10-15/h4-13H,3,14H2,1-2H3,(H,26,29)/t21-/m0/s1. The summed E-state index contributed by atoms with van der Waals surface area (Å²) in [6, 6.07) is 14.7. The molecular weight excluding hydrogens is 413 g/mol. The third-order valence-corrected chi connectivity index (χ3v) is 4.81. The molecule has 0 fully saturated rings. The van der Waals surface area contributed by atoms with Crippen LogP contribution in [0.1, 0.15) is 18.1 Å². The van der Waals surface area contributed by atoms with Crippen molar-refractivity contribution in [3.05, 3.63) is 71.9 Å². The topological polar surface area (TPSA) is 69.6 Å². The van der Waals surface area contributed by atoms with E-state index in [2.05, 4.69) is 0 Å². The molecule has 0 unspecified atom stereocenters. The number of carbonyl (C=O) groups excluding carboxylic acids is 2. The van der Waals surface area contributed by atoms with E-state index in [0.29, 0.717) is 11.1 Å². The molecule has 0 aliphatic carbocycles. The summed E-state index contributed by atoms with van der Waals surface area (Å²) in [5, 5.41) is 1.92. The highest BCUT2D eigenvalue weighted by Crippen LogP contribution is 2.43. The van der Waals surface area contributed by atoms with Crippen molar-refractivity contribution in [3.63, 3.8) is 0 Å². The Morgan fingerprint density at radius 1 is 1.00 bits per heavy atom. The number of halogens is 3. The van der Waals surface area contributed by atoms with Crippen molar-refractivity contribution in [1.29, 1.82) is 0 Å². The van der Waals surface area contributed by atoms with Gasteiger partial charge in [-0.2, -0.15) is 13.2 Å². The monoisotopic (exact) mass is 434 g/mol. The maximum atomic E-state index is 14.5. The Hall–Kier alpha value is -3.49. The first-order chi connectivity index (χ1) is 14.7. The summed E-state index contributed by atoms with van der Waals surface area (Å²) in [6.45, 7) is 0.816. The van der Waals surface area contributed by atoms with Gasteiger partial charge in [-0.15, -0.1) is 0 Å².